The van der Waals surface area contributed by atoms with Crippen LogP contribution in [0, 0.1) is 12.8 Å². The normalized spacial score (nSPS) is 22.2. The molecule has 0 bridgehead atoms. The minimum Gasteiger partial charge on any atom is -0.353 e. The first kappa shape index (κ1) is 25.8. The number of pyridine rings is 1. The number of hydrogen-bond acceptors (Lipinski definition) is 8. The number of carbonyl (C=O) groups excluding carboxylic acids is 1. The molecular weight excluding hydrogens is 528 g/mol. The molecule has 1 atom stereocenters. The Morgan fingerprint density at radius 3 is 2.46 bits per heavy atom. The third kappa shape index (κ3) is 4.38. The maximum absolute atomic E-state index is 13.6. The minimum atomic E-state index is -3.43. The molecule has 0 spiro atoms. The van der Waals surface area contributed by atoms with Gasteiger partial charge >= 0.3 is 0 Å². The summed E-state index contributed by atoms with van der Waals surface area (Å²) in [4.78, 5) is 25.9. The fourth-order valence-electron chi connectivity index (χ4n) is 5.25. The summed E-state index contributed by atoms with van der Waals surface area (Å²) in [5, 5.41) is 0. The standard InChI is InChI=1S/C26H31F2N7O3S/c1-17-4-7-22(33-10-12-34(13-11-33)25(36)24-29-8-9-31(24)2)30-23(17)18-5-6-20-21(14-18)32(3)39(37,38)35(20)16-19-15-26(19,27)28/h4-9,14,19,37-38H,10-13,15-16H2,1-3H3. The van der Waals surface area contributed by atoms with E-state index in [2.05, 4.69) is 9.88 Å². The van der Waals surface area contributed by atoms with Crippen LogP contribution >= 0.6 is 11.0 Å². The van der Waals surface area contributed by atoms with Crippen LogP contribution in [0.2, 0.25) is 0 Å². The van der Waals surface area contributed by atoms with E-state index in [1.54, 1.807) is 42.0 Å². The van der Waals surface area contributed by atoms with Crippen molar-refractivity contribution in [3.05, 3.63) is 54.1 Å². The Kier molecular flexibility index (Phi) is 6.01. The van der Waals surface area contributed by atoms with Gasteiger partial charge in [-0.2, -0.15) is 0 Å². The van der Waals surface area contributed by atoms with Crippen LogP contribution in [0.5, 0.6) is 0 Å². The molecule has 10 nitrogen and oxygen atoms in total. The van der Waals surface area contributed by atoms with Crippen molar-refractivity contribution in [2.24, 2.45) is 13.0 Å². The van der Waals surface area contributed by atoms with Crippen LogP contribution in [0.4, 0.5) is 26.0 Å². The van der Waals surface area contributed by atoms with Crippen molar-refractivity contribution in [3.8, 4) is 11.3 Å². The van der Waals surface area contributed by atoms with Gasteiger partial charge in [0, 0.05) is 77.1 Å². The zero-order valence-electron chi connectivity index (χ0n) is 22.0. The van der Waals surface area contributed by atoms with Gasteiger partial charge in [0.2, 0.25) is 0 Å². The first-order valence-electron chi connectivity index (χ1n) is 12.8. The second-order valence-corrected chi connectivity index (χ2v) is 12.4. The smallest absolute Gasteiger partial charge is 0.289 e. The van der Waals surface area contributed by atoms with Gasteiger partial charge in [-0.3, -0.25) is 22.5 Å². The molecule has 2 aromatic heterocycles. The van der Waals surface area contributed by atoms with Crippen LogP contribution in [0.15, 0.2) is 42.7 Å². The van der Waals surface area contributed by atoms with E-state index in [-0.39, 0.29) is 18.9 Å². The SMILES string of the molecule is Cc1ccc(N2CCN(C(=O)c3nccn3C)CC2)nc1-c1ccc2c(c1)N(C)S(O)(O)N2CC1CC1(F)F. The lowest BCUT2D eigenvalue weighted by molar-refractivity contribution is 0.0730. The number of benzene rings is 1. The number of anilines is 3. The molecule has 1 unspecified atom stereocenters. The summed E-state index contributed by atoms with van der Waals surface area (Å²) >= 11 is 0. The van der Waals surface area contributed by atoms with Crippen molar-refractivity contribution in [1.29, 1.82) is 0 Å². The van der Waals surface area contributed by atoms with Crippen LogP contribution in [0.25, 0.3) is 11.3 Å². The molecule has 13 heteroatoms. The molecule has 208 valence electrons. The third-order valence-corrected chi connectivity index (χ3v) is 9.72. The highest BCUT2D eigenvalue weighted by atomic mass is 32.3. The van der Waals surface area contributed by atoms with Gasteiger partial charge in [-0.05, 0) is 41.6 Å². The fraction of sp³-hybridized carbons (Fsp3) is 0.423. The fourth-order valence-corrected chi connectivity index (χ4v) is 6.75. The highest BCUT2D eigenvalue weighted by Gasteiger charge is 2.59. The molecule has 2 aliphatic heterocycles. The zero-order chi connectivity index (χ0) is 27.7. The number of aromatic nitrogens is 3. The van der Waals surface area contributed by atoms with E-state index in [0.717, 1.165) is 22.6 Å². The number of aryl methyl sites for hydroxylation is 2. The molecular formula is C26H31F2N7O3S. The van der Waals surface area contributed by atoms with Gasteiger partial charge in [-0.25, -0.2) is 18.7 Å². The Labute approximate surface area is 227 Å². The van der Waals surface area contributed by atoms with Crippen LogP contribution in [0.3, 0.4) is 0 Å². The van der Waals surface area contributed by atoms with Gasteiger partial charge < -0.3 is 14.4 Å². The average Bonchev–Trinajstić information content (AvgIpc) is 3.21. The van der Waals surface area contributed by atoms with Crippen LogP contribution in [0.1, 0.15) is 22.6 Å². The van der Waals surface area contributed by atoms with Crippen molar-refractivity contribution in [2.45, 2.75) is 19.3 Å². The molecule has 3 aromatic rings. The Hall–Kier alpha value is -3.42. The molecule has 6 rings (SSSR count). The van der Waals surface area contributed by atoms with E-state index in [4.69, 9.17) is 4.98 Å². The molecule has 1 amide bonds. The summed E-state index contributed by atoms with van der Waals surface area (Å²) in [5.74, 6) is -2.53. The number of halogens is 2. The Morgan fingerprint density at radius 1 is 1.10 bits per heavy atom. The number of carbonyl (C=O) groups is 1. The molecule has 39 heavy (non-hydrogen) atoms. The highest BCUT2D eigenvalue weighted by Crippen LogP contribution is 2.63. The second kappa shape index (κ2) is 9.07. The molecule has 1 saturated heterocycles. The lowest BCUT2D eigenvalue weighted by Gasteiger charge is -2.42. The number of rotatable bonds is 5. The average molecular weight is 560 g/mol. The molecule has 1 aliphatic carbocycles. The van der Waals surface area contributed by atoms with Gasteiger partial charge in [0.25, 0.3) is 11.8 Å². The van der Waals surface area contributed by atoms with Crippen molar-refractivity contribution < 1.29 is 22.7 Å². The monoisotopic (exact) mass is 559 g/mol. The minimum absolute atomic E-state index is 0.0904. The number of piperazine rings is 1. The Morgan fingerprint density at radius 2 is 1.82 bits per heavy atom. The summed E-state index contributed by atoms with van der Waals surface area (Å²) in [5.41, 5.74) is 3.57. The molecule has 2 fully saturated rings. The second-order valence-electron chi connectivity index (χ2n) is 10.4. The van der Waals surface area contributed by atoms with E-state index in [9.17, 15) is 22.7 Å². The zero-order valence-corrected chi connectivity index (χ0v) is 22.8. The van der Waals surface area contributed by atoms with Gasteiger partial charge in [-0.1, -0.05) is 12.1 Å². The quantitative estimate of drug-likeness (QED) is 0.479. The molecule has 3 aliphatic rings. The predicted octanol–water partition coefficient (Wildman–Crippen LogP) is 4.24. The van der Waals surface area contributed by atoms with Crippen molar-refractivity contribution in [3.63, 3.8) is 0 Å². The van der Waals surface area contributed by atoms with E-state index in [1.807, 2.05) is 31.2 Å². The van der Waals surface area contributed by atoms with E-state index < -0.39 is 22.8 Å². The molecule has 0 radical (unpaired) electrons. The van der Waals surface area contributed by atoms with Crippen LogP contribution in [-0.2, 0) is 7.05 Å². The maximum atomic E-state index is 13.6. The summed E-state index contributed by atoms with van der Waals surface area (Å²) in [6.07, 6.45) is 3.13. The number of amides is 1. The lowest BCUT2D eigenvalue weighted by atomic mass is 10.0. The summed E-state index contributed by atoms with van der Waals surface area (Å²) in [6, 6.07) is 9.38. The maximum Gasteiger partial charge on any atom is 0.289 e. The Balaban J connectivity index is 1.22. The largest absolute Gasteiger partial charge is 0.353 e. The predicted molar refractivity (Wildman–Crippen MR) is 147 cm³/mol. The van der Waals surface area contributed by atoms with Crippen molar-refractivity contribution >= 4 is 34.1 Å². The number of imidazole rings is 1. The number of hydrogen-bond donors (Lipinski definition) is 2. The summed E-state index contributed by atoms with van der Waals surface area (Å²) in [6.45, 7) is 4.19. The highest BCUT2D eigenvalue weighted by molar-refractivity contribution is 8.26. The van der Waals surface area contributed by atoms with E-state index >= 15 is 0 Å². The number of fused-ring (bicyclic) bond motifs is 1. The topological polar surface area (TPSA) is 101 Å². The van der Waals surface area contributed by atoms with Crippen molar-refractivity contribution in [1.82, 2.24) is 19.4 Å². The number of alkyl halides is 2. The van der Waals surface area contributed by atoms with E-state index in [1.165, 1.54) is 8.61 Å². The first-order chi connectivity index (χ1) is 18.5. The van der Waals surface area contributed by atoms with Crippen molar-refractivity contribution in [2.75, 3.05) is 53.3 Å². The molecule has 1 aromatic carbocycles. The third-order valence-electron chi connectivity index (χ3n) is 7.85. The van der Waals surface area contributed by atoms with Gasteiger partial charge in [0.05, 0.1) is 17.1 Å². The molecule has 1 saturated carbocycles. The Bertz CT molecular complexity index is 1440. The van der Waals surface area contributed by atoms with Gasteiger partial charge in [-0.15, -0.1) is 0 Å². The summed E-state index contributed by atoms with van der Waals surface area (Å²) < 4.78 is 53.3. The number of nitrogens with zero attached hydrogens (tertiary/aromatic N) is 7. The van der Waals surface area contributed by atoms with Gasteiger partial charge in [0.15, 0.2) is 5.82 Å². The van der Waals surface area contributed by atoms with Gasteiger partial charge in [0.1, 0.15) is 5.82 Å². The first-order valence-corrected chi connectivity index (χ1v) is 14.2. The van der Waals surface area contributed by atoms with Crippen LogP contribution in [-0.4, -0.2) is 80.1 Å². The summed E-state index contributed by atoms with van der Waals surface area (Å²) in [7, 11) is -0.0664. The molecule has 2 N–H and O–H groups in total. The van der Waals surface area contributed by atoms with Crippen LogP contribution < -0.4 is 13.5 Å². The van der Waals surface area contributed by atoms with E-state index in [0.29, 0.717) is 43.4 Å². The molecule has 4 heterocycles. The lowest BCUT2D eigenvalue weighted by Crippen LogP contribution is -2.49.